The van der Waals surface area contributed by atoms with Gasteiger partial charge in [-0.15, -0.1) is 0 Å². The number of amides is 3. The summed E-state index contributed by atoms with van der Waals surface area (Å²) >= 11 is 0. The van der Waals surface area contributed by atoms with Gasteiger partial charge in [0.05, 0.1) is 6.54 Å². The Morgan fingerprint density at radius 3 is 2.22 bits per heavy atom. The van der Waals surface area contributed by atoms with Crippen molar-refractivity contribution in [3.8, 4) is 0 Å². The van der Waals surface area contributed by atoms with Gasteiger partial charge in [-0.1, -0.05) is 48.5 Å². The zero-order chi connectivity index (χ0) is 19.2. The van der Waals surface area contributed by atoms with Crippen LogP contribution in [0.1, 0.15) is 22.8 Å². The highest BCUT2D eigenvalue weighted by Crippen LogP contribution is 2.14. The van der Waals surface area contributed by atoms with E-state index in [-0.39, 0.29) is 24.3 Å². The Morgan fingerprint density at radius 2 is 1.59 bits per heavy atom. The zero-order valence-corrected chi connectivity index (χ0v) is 15.3. The van der Waals surface area contributed by atoms with E-state index in [0.29, 0.717) is 25.2 Å². The van der Waals surface area contributed by atoms with Gasteiger partial charge in [-0.05, 0) is 17.7 Å². The molecule has 27 heavy (non-hydrogen) atoms. The van der Waals surface area contributed by atoms with Crippen LogP contribution in [0.3, 0.4) is 0 Å². The van der Waals surface area contributed by atoms with Crippen molar-refractivity contribution in [1.29, 1.82) is 0 Å². The molecule has 0 saturated carbocycles. The maximum Gasteiger partial charge on any atom is 0.253 e. The molecule has 0 spiro atoms. The lowest BCUT2D eigenvalue weighted by Crippen LogP contribution is -2.61. The molecule has 1 aliphatic rings. The Kier molecular flexibility index (Phi) is 5.86. The van der Waals surface area contributed by atoms with Crippen LogP contribution in [-0.2, 0) is 16.1 Å². The third-order valence-corrected chi connectivity index (χ3v) is 4.71. The van der Waals surface area contributed by atoms with E-state index in [1.54, 1.807) is 17.0 Å². The van der Waals surface area contributed by atoms with E-state index in [9.17, 15) is 14.4 Å². The van der Waals surface area contributed by atoms with E-state index in [0.717, 1.165) is 5.56 Å². The molecule has 2 aromatic carbocycles. The zero-order valence-electron chi connectivity index (χ0n) is 15.3. The number of carbonyl (C=O) groups is 3. The third-order valence-electron chi connectivity index (χ3n) is 4.71. The molecule has 1 fully saturated rings. The first-order valence-corrected chi connectivity index (χ1v) is 8.99. The lowest BCUT2D eigenvalue weighted by Gasteiger charge is -2.40. The predicted molar refractivity (Wildman–Crippen MR) is 102 cm³/mol. The summed E-state index contributed by atoms with van der Waals surface area (Å²) in [6, 6.07) is 17.9. The summed E-state index contributed by atoms with van der Waals surface area (Å²) in [6.07, 6.45) is 0. The SMILES string of the molecule is CC(=O)N1CCN(C(=O)c2ccccc2)CC1C(=O)NCc1ccccc1. The minimum Gasteiger partial charge on any atom is -0.350 e. The van der Waals surface area contributed by atoms with Crippen molar-refractivity contribution in [3.05, 3.63) is 71.8 Å². The van der Waals surface area contributed by atoms with Crippen LogP contribution in [0.2, 0.25) is 0 Å². The second-order valence-electron chi connectivity index (χ2n) is 6.55. The predicted octanol–water partition coefficient (Wildman–Crippen LogP) is 1.68. The van der Waals surface area contributed by atoms with Crippen LogP contribution in [0.4, 0.5) is 0 Å². The first-order valence-electron chi connectivity index (χ1n) is 8.99. The molecular formula is C21H23N3O3. The molecule has 3 rings (SSSR count). The Labute approximate surface area is 158 Å². The van der Waals surface area contributed by atoms with Gasteiger partial charge in [0.15, 0.2) is 0 Å². The highest BCUT2D eigenvalue weighted by atomic mass is 16.2. The molecule has 1 aliphatic heterocycles. The largest absolute Gasteiger partial charge is 0.350 e. The van der Waals surface area contributed by atoms with Crippen LogP contribution in [0.5, 0.6) is 0 Å². The van der Waals surface area contributed by atoms with Crippen LogP contribution >= 0.6 is 0 Å². The fourth-order valence-corrected chi connectivity index (χ4v) is 3.23. The molecule has 1 heterocycles. The molecule has 1 atom stereocenters. The standard InChI is InChI=1S/C21H23N3O3/c1-16(25)24-13-12-23(21(27)18-10-6-3-7-11-18)15-19(24)20(26)22-14-17-8-4-2-5-9-17/h2-11,19H,12-15H2,1H3,(H,22,26). The molecule has 1 N–H and O–H groups in total. The Bertz CT molecular complexity index is 808. The van der Waals surface area contributed by atoms with E-state index in [1.807, 2.05) is 48.5 Å². The maximum atomic E-state index is 12.7. The second-order valence-corrected chi connectivity index (χ2v) is 6.55. The highest BCUT2D eigenvalue weighted by Gasteiger charge is 2.35. The highest BCUT2D eigenvalue weighted by molar-refractivity contribution is 5.95. The summed E-state index contributed by atoms with van der Waals surface area (Å²) in [5.41, 5.74) is 1.56. The van der Waals surface area contributed by atoms with E-state index >= 15 is 0 Å². The van der Waals surface area contributed by atoms with E-state index in [4.69, 9.17) is 0 Å². The van der Waals surface area contributed by atoms with Gasteiger partial charge in [0.25, 0.3) is 5.91 Å². The normalized spacial score (nSPS) is 16.7. The molecule has 0 aromatic heterocycles. The molecule has 0 aliphatic carbocycles. The van der Waals surface area contributed by atoms with Gasteiger partial charge in [0.2, 0.25) is 11.8 Å². The van der Waals surface area contributed by atoms with E-state index in [1.165, 1.54) is 11.8 Å². The van der Waals surface area contributed by atoms with Gasteiger partial charge in [-0.2, -0.15) is 0 Å². The number of piperazine rings is 1. The fourth-order valence-electron chi connectivity index (χ4n) is 3.23. The first-order chi connectivity index (χ1) is 13.1. The number of hydrogen-bond donors (Lipinski definition) is 1. The number of benzene rings is 2. The average molecular weight is 365 g/mol. The minimum atomic E-state index is -0.687. The number of rotatable bonds is 4. The summed E-state index contributed by atoms with van der Waals surface area (Å²) < 4.78 is 0. The van der Waals surface area contributed by atoms with Gasteiger partial charge >= 0.3 is 0 Å². The molecule has 6 heteroatoms. The van der Waals surface area contributed by atoms with Gasteiger partial charge < -0.3 is 15.1 Å². The minimum absolute atomic E-state index is 0.125. The van der Waals surface area contributed by atoms with Crippen LogP contribution in [0.25, 0.3) is 0 Å². The Balaban J connectivity index is 1.70. The van der Waals surface area contributed by atoms with Gasteiger partial charge in [0.1, 0.15) is 6.04 Å². The van der Waals surface area contributed by atoms with Gasteiger partial charge in [0, 0.05) is 32.1 Å². The Hall–Kier alpha value is -3.15. The molecule has 0 bridgehead atoms. The monoisotopic (exact) mass is 365 g/mol. The summed E-state index contributed by atoms with van der Waals surface area (Å²) in [4.78, 5) is 40.6. The maximum absolute atomic E-state index is 12.7. The number of nitrogens with one attached hydrogen (secondary N) is 1. The van der Waals surface area contributed by atoms with E-state index < -0.39 is 6.04 Å². The molecule has 1 unspecified atom stereocenters. The molecule has 0 radical (unpaired) electrons. The van der Waals surface area contributed by atoms with Crippen molar-refractivity contribution < 1.29 is 14.4 Å². The van der Waals surface area contributed by atoms with Gasteiger partial charge in [-0.25, -0.2) is 0 Å². The molecule has 140 valence electrons. The van der Waals surface area contributed by atoms with Gasteiger partial charge in [-0.3, -0.25) is 14.4 Å². The lowest BCUT2D eigenvalue weighted by molar-refractivity contribution is -0.141. The lowest BCUT2D eigenvalue weighted by atomic mass is 10.1. The van der Waals surface area contributed by atoms with Crippen LogP contribution < -0.4 is 5.32 Å². The first kappa shape index (κ1) is 18.6. The number of carbonyl (C=O) groups excluding carboxylic acids is 3. The quantitative estimate of drug-likeness (QED) is 0.896. The molecule has 6 nitrogen and oxygen atoms in total. The molecule has 2 aromatic rings. The summed E-state index contributed by atoms with van der Waals surface area (Å²) in [5.74, 6) is -0.541. The van der Waals surface area contributed by atoms with Crippen molar-refractivity contribution in [2.24, 2.45) is 0 Å². The summed E-state index contributed by atoms with van der Waals surface area (Å²) in [6.45, 7) is 2.78. The van der Waals surface area contributed by atoms with Crippen LogP contribution in [-0.4, -0.2) is 53.2 Å². The summed E-state index contributed by atoms with van der Waals surface area (Å²) in [7, 11) is 0. The third kappa shape index (κ3) is 4.53. The van der Waals surface area contributed by atoms with Crippen molar-refractivity contribution >= 4 is 17.7 Å². The summed E-state index contributed by atoms with van der Waals surface area (Å²) in [5, 5.41) is 2.88. The Morgan fingerprint density at radius 1 is 0.963 bits per heavy atom. The fraction of sp³-hybridized carbons (Fsp3) is 0.286. The van der Waals surface area contributed by atoms with Crippen molar-refractivity contribution in [1.82, 2.24) is 15.1 Å². The van der Waals surface area contributed by atoms with Crippen molar-refractivity contribution in [2.75, 3.05) is 19.6 Å². The number of nitrogens with zero attached hydrogens (tertiary/aromatic N) is 2. The second kappa shape index (κ2) is 8.49. The smallest absolute Gasteiger partial charge is 0.253 e. The molecule has 3 amide bonds. The van der Waals surface area contributed by atoms with E-state index in [2.05, 4.69) is 5.32 Å². The topological polar surface area (TPSA) is 69.7 Å². The van der Waals surface area contributed by atoms with Crippen LogP contribution in [0, 0.1) is 0 Å². The van der Waals surface area contributed by atoms with Crippen LogP contribution in [0.15, 0.2) is 60.7 Å². The number of hydrogen-bond acceptors (Lipinski definition) is 3. The van der Waals surface area contributed by atoms with Crippen molar-refractivity contribution in [2.45, 2.75) is 19.5 Å². The van der Waals surface area contributed by atoms with Crippen molar-refractivity contribution in [3.63, 3.8) is 0 Å². The molecular weight excluding hydrogens is 342 g/mol. The molecule has 1 saturated heterocycles. The average Bonchev–Trinajstić information content (AvgIpc) is 2.72.